The fourth-order valence-corrected chi connectivity index (χ4v) is 2.16. The van der Waals surface area contributed by atoms with Crippen LogP contribution in [0.15, 0.2) is 0 Å². The van der Waals surface area contributed by atoms with Gasteiger partial charge in [-0.05, 0) is 32.7 Å². The van der Waals surface area contributed by atoms with Crippen LogP contribution in [-0.2, 0) is 4.79 Å². The molecule has 1 saturated carbocycles. The third-order valence-electron chi connectivity index (χ3n) is 3.58. The van der Waals surface area contributed by atoms with Crippen LogP contribution >= 0.6 is 0 Å². The van der Waals surface area contributed by atoms with Crippen molar-refractivity contribution in [1.29, 1.82) is 0 Å². The maximum Gasteiger partial charge on any atom is 0.219 e. The summed E-state index contributed by atoms with van der Waals surface area (Å²) in [6, 6.07) is 1.13. The molecule has 1 aliphatic carbocycles. The van der Waals surface area contributed by atoms with Crippen LogP contribution < -0.4 is 5.32 Å². The van der Waals surface area contributed by atoms with Gasteiger partial charge in [0.15, 0.2) is 0 Å². The molecule has 0 aromatic carbocycles. The summed E-state index contributed by atoms with van der Waals surface area (Å²) in [5.74, 6) is 0.166. The molecule has 1 unspecified atom stereocenters. The summed E-state index contributed by atoms with van der Waals surface area (Å²) in [4.78, 5) is 13.8. The average molecular weight is 226 g/mol. The Hall–Kier alpha value is -0.570. The van der Waals surface area contributed by atoms with Crippen molar-refractivity contribution in [3.8, 4) is 0 Å². The van der Waals surface area contributed by atoms with Gasteiger partial charge < -0.3 is 10.2 Å². The molecule has 1 N–H and O–H groups in total. The summed E-state index contributed by atoms with van der Waals surface area (Å²) < 4.78 is 0. The topological polar surface area (TPSA) is 32.3 Å². The predicted molar refractivity (Wildman–Crippen MR) is 67.4 cm³/mol. The number of amides is 1. The van der Waals surface area contributed by atoms with E-state index in [0.29, 0.717) is 12.5 Å². The number of nitrogens with zero attached hydrogens (tertiary/aromatic N) is 1. The van der Waals surface area contributed by atoms with Gasteiger partial charge in [0.1, 0.15) is 0 Å². The minimum atomic E-state index is 0.166. The molecule has 0 aromatic heterocycles. The highest BCUT2D eigenvalue weighted by atomic mass is 16.1. The predicted octanol–water partition coefficient (Wildman–Crippen LogP) is 2.17. The van der Waals surface area contributed by atoms with Crippen molar-refractivity contribution in [3.63, 3.8) is 0 Å². The summed E-state index contributed by atoms with van der Waals surface area (Å²) in [7, 11) is 0. The normalized spacial score (nSPS) is 18.2. The Morgan fingerprint density at radius 3 is 2.56 bits per heavy atom. The van der Waals surface area contributed by atoms with Crippen molar-refractivity contribution in [1.82, 2.24) is 10.2 Å². The second-order valence-corrected chi connectivity index (χ2v) is 4.82. The SMILES string of the molecule is CCC(=O)NC(C)CCN(CC)C1CCC1. The molecule has 3 heteroatoms. The Labute approximate surface area is 99.6 Å². The molecule has 0 aliphatic heterocycles. The average Bonchev–Trinajstić information content (AvgIpc) is 2.20. The summed E-state index contributed by atoms with van der Waals surface area (Å²) in [5.41, 5.74) is 0. The fraction of sp³-hybridized carbons (Fsp3) is 0.923. The third kappa shape index (κ3) is 4.12. The number of nitrogens with one attached hydrogen (secondary N) is 1. The molecular weight excluding hydrogens is 200 g/mol. The Bertz CT molecular complexity index is 214. The zero-order valence-electron chi connectivity index (χ0n) is 11.0. The Morgan fingerprint density at radius 2 is 2.12 bits per heavy atom. The van der Waals surface area contributed by atoms with E-state index in [1.165, 1.54) is 19.3 Å². The van der Waals surface area contributed by atoms with Gasteiger partial charge in [-0.15, -0.1) is 0 Å². The van der Waals surface area contributed by atoms with Crippen molar-refractivity contribution in [2.24, 2.45) is 0 Å². The van der Waals surface area contributed by atoms with Crippen molar-refractivity contribution < 1.29 is 4.79 Å². The quantitative estimate of drug-likeness (QED) is 0.721. The fourth-order valence-electron chi connectivity index (χ4n) is 2.16. The Morgan fingerprint density at radius 1 is 1.44 bits per heavy atom. The second-order valence-electron chi connectivity index (χ2n) is 4.82. The van der Waals surface area contributed by atoms with Gasteiger partial charge in [0.25, 0.3) is 0 Å². The van der Waals surface area contributed by atoms with E-state index in [0.717, 1.165) is 25.6 Å². The molecule has 0 heterocycles. The van der Waals surface area contributed by atoms with Crippen LogP contribution in [0.4, 0.5) is 0 Å². The molecule has 1 fully saturated rings. The zero-order chi connectivity index (χ0) is 12.0. The third-order valence-corrected chi connectivity index (χ3v) is 3.58. The molecule has 16 heavy (non-hydrogen) atoms. The summed E-state index contributed by atoms with van der Waals surface area (Å²) in [5, 5.41) is 3.02. The molecule has 0 saturated heterocycles. The molecule has 0 bridgehead atoms. The van der Waals surface area contributed by atoms with Gasteiger partial charge in [-0.25, -0.2) is 0 Å². The first-order valence-corrected chi connectivity index (χ1v) is 6.70. The molecule has 3 nitrogen and oxygen atoms in total. The summed E-state index contributed by atoms with van der Waals surface area (Å²) in [6.07, 6.45) is 5.77. The second kappa shape index (κ2) is 6.89. The Kier molecular flexibility index (Phi) is 5.81. The van der Waals surface area contributed by atoms with E-state index in [2.05, 4.69) is 24.1 Å². The van der Waals surface area contributed by atoms with E-state index in [9.17, 15) is 4.79 Å². The van der Waals surface area contributed by atoms with Crippen molar-refractivity contribution in [2.75, 3.05) is 13.1 Å². The first kappa shape index (κ1) is 13.5. The van der Waals surface area contributed by atoms with E-state index in [4.69, 9.17) is 0 Å². The van der Waals surface area contributed by atoms with Crippen molar-refractivity contribution in [2.45, 2.75) is 65.0 Å². The molecule has 1 aliphatic rings. The van der Waals surface area contributed by atoms with E-state index in [1.807, 2.05) is 6.92 Å². The number of carbonyl (C=O) groups is 1. The molecular formula is C13H26N2O. The lowest BCUT2D eigenvalue weighted by Gasteiger charge is -2.37. The van der Waals surface area contributed by atoms with E-state index in [-0.39, 0.29) is 5.91 Å². The number of rotatable bonds is 7. The van der Waals surface area contributed by atoms with Gasteiger partial charge >= 0.3 is 0 Å². The van der Waals surface area contributed by atoms with Gasteiger partial charge in [0.05, 0.1) is 0 Å². The maximum atomic E-state index is 11.2. The van der Waals surface area contributed by atoms with Gasteiger partial charge in [0, 0.05) is 25.0 Å². The lowest BCUT2D eigenvalue weighted by atomic mass is 9.91. The van der Waals surface area contributed by atoms with Gasteiger partial charge in [-0.1, -0.05) is 20.3 Å². The van der Waals surface area contributed by atoms with Crippen LogP contribution in [0.3, 0.4) is 0 Å². The minimum absolute atomic E-state index is 0.166. The van der Waals surface area contributed by atoms with Crippen LogP contribution in [0.25, 0.3) is 0 Å². The standard InChI is InChI=1S/C13H26N2O/c1-4-13(16)14-11(3)9-10-15(5-2)12-7-6-8-12/h11-12H,4-10H2,1-3H3,(H,14,16). The molecule has 0 radical (unpaired) electrons. The van der Waals surface area contributed by atoms with E-state index < -0.39 is 0 Å². The highest BCUT2D eigenvalue weighted by molar-refractivity contribution is 5.75. The van der Waals surface area contributed by atoms with Crippen LogP contribution in [-0.4, -0.2) is 36.0 Å². The van der Waals surface area contributed by atoms with E-state index in [1.54, 1.807) is 0 Å². The van der Waals surface area contributed by atoms with Crippen LogP contribution in [0.1, 0.15) is 52.9 Å². The zero-order valence-corrected chi connectivity index (χ0v) is 11.0. The monoisotopic (exact) mass is 226 g/mol. The van der Waals surface area contributed by atoms with Crippen LogP contribution in [0.2, 0.25) is 0 Å². The number of hydrogen-bond acceptors (Lipinski definition) is 2. The van der Waals surface area contributed by atoms with Crippen molar-refractivity contribution in [3.05, 3.63) is 0 Å². The highest BCUT2D eigenvalue weighted by Gasteiger charge is 2.23. The first-order chi connectivity index (χ1) is 7.67. The summed E-state index contributed by atoms with van der Waals surface area (Å²) in [6.45, 7) is 8.48. The molecule has 1 amide bonds. The maximum absolute atomic E-state index is 11.2. The lowest BCUT2D eigenvalue weighted by Crippen LogP contribution is -2.43. The van der Waals surface area contributed by atoms with Crippen LogP contribution in [0, 0.1) is 0 Å². The molecule has 0 aromatic rings. The van der Waals surface area contributed by atoms with Crippen molar-refractivity contribution >= 4 is 5.91 Å². The highest BCUT2D eigenvalue weighted by Crippen LogP contribution is 2.24. The minimum Gasteiger partial charge on any atom is -0.354 e. The van der Waals surface area contributed by atoms with Gasteiger partial charge in [0.2, 0.25) is 5.91 Å². The first-order valence-electron chi connectivity index (χ1n) is 6.70. The van der Waals surface area contributed by atoms with Crippen LogP contribution in [0.5, 0.6) is 0 Å². The molecule has 94 valence electrons. The number of carbonyl (C=O) groups excluding carboxylic acids is 1. The van der Waals surface area contributed by atoms with Gasteiger partial charge in [-0.3, -0.25) is 4.79 Å². The summed E-state index contributed by atoms with van der Waals surface area (Å²) >= 11 is 0. The van der Waals surface area contributed by atoms with Gasteiger partial charge in [-0.2, -0.15) is 0 Å². The molecule has 1 atom stereocenters. The Balaban J connectivity index is 2.18. The number of hydrogen-bond donors (Lipinski definition) is 1. The van der Waals surface area contributed by atoms with E-state index >= 15 is 0 Å². The largest absolute Gasteiger partial charge is 0.354 e. The smallest absolute Gasteiger partial charge is 0.219 e. The molecule has 0 spiro atoms. The lowest BCUT2D eigenvalue weighted by molar-refractivity contribution is -0.121. The molecule has 1 rings (SSSR count).